The highest BCUT2D eigenvalue weighted by molar-refractivity contribution is 5.37. The third kappa shape index (κ3) is 3.45. The van der Waals surface area contributed by atoms with Crippen LogP contribution < -0.4 is 15.4 Å². The molecule has 0 radical (unpaired) electrons. The van der Waals surface area contributed by atoms with Crippen LogP contribution in [0.2, 0.25) is 0 Å². The highest BCUT2D eigenvalue weighted by Crippen LogP contribution is 2.27. The van der Waals surface area contributed by atoms with Gasteiger partial charge < -0.3 is 15.4 Å². The quantitative estimate of drug-likeness (QED) is 0.784. The first kappa shape index (κ1) is 12.4. The van der Waals surface area contributed by atoms with Gasteiger partial charge in [0.1, 0.15) is 11.9 Å². The lowest BCUT2D eigenvalue weighted by molar-refractivity contribution is 0.222. The van der Waals surface area contributed by atoms with Crippen LogP contribution in [0, 0.1) is 0 Å². The molecule has 2 rings (SSSR count). The molecule has 0 fully saturated rings. The number of benzene rings is 1. The number of likely N-dealkylation sites (N-methyl/N-ethyl adjacent to an activating group) is 1. The minimum absolute atomic E-state index is 0.288. The van der Waals surface area contributed by atoms with Gasteiger partial charge in [0.2, 0.25) is 0 Å². The SMILES string of the molecule is CCNCC(C)NCC1Cc2ccccc2O1. The zero-order chi connectivity index (χ0) is 12.1. The highest BCUT2D eigenvalue weighted by atomic mass is 16.5. The summed E-state index contributed by atoms with van der Waals surface area (Å²) >= 11 is 0. The molecule has 2 N–H and O–H groups in total. The molecule has 3 nitrogen and oxygen atoms in total. The Labute approximate surface area is 104 Å². The second kappa shape index (κ2) is 6.03. The summed E-state index contributed by atoms with van der Waals surface area (Å²) in [6, 6.07) is 8.80. The smallest absolute Gasteiger partial charge is 0.123 e. The van der Waals surface area contributed by atoms with Gasteiger partial charge in [-0.3, -0.25) is 0 Å². The van der Waals surface area contributed by atoms with Gasteiger partial charge >= 0.3 is 0 Å². The number of fused-ring (bicyclic) bond motifs is 1. The van der Waals surface area contributed by atoms with E-state index in [4.69, 9.17) is 4.74 Å². The summed E-state index contributed by atoms with van der Waals surface area (Å²) in [6.45, 7) is 7.28. The lowest BCUT2D eigenvalue weighted by Crippen LogP contribution is -2.41. The summed E-state index contributed by atoms with van der Waals surface area (Å²) in [5.74, 6) is 1.05. The summed E-state index contributed by atoms with van der Waals surface area (Å²) in [6.07, 6.45) is 1.31. The first-order valence-electron chi connectivity index (χ1n) is 6.48. The highest BCUT2D eigenvalue weighted by Gasteiger charge is 2.22. The van der Waals surface area contributed by atoms with Crippen molar-refractivity contribution in [1.82, 2.24) is 10.6 Å². The van der Waals surface area contributed by atoms with E-state index >= 15 is 0 Å². The maximum absolute atomic E-state index is 5.88. The van der Waals surface area contributed by atoms with E-state index in [0.717, 1.165) is 31.8 Å². The summed E-state index contributed by atoms with van der Waals surface area (Å²) in [7, 11) is 0. The molecule has 1 aromatic carbocycles. The first-order valence-corrected chi connectivity index (χ1v) is 6.48. The normalized spacial score (nSPS) is 19.8. The molecule has 0 saturated heterocycles. The number of para-hydroxylation sites is 1. The van der Waals surface area contributed by atoms with E-state index in [1.807, 2.05) is 6.07 Å². The maximum atomic E-state index is 5.88. The molecule has 3 heteroatoms. The maximum Gasteiger partial charge on any atom is 0.123 e. The van der Waals surface area contributed by atoms with Crippen LogP contribution in [0.1, 0.15) is 19.4 Å². The van der Waals surface area contributed by atoms with Crippen molar-refractivity contribution in [3.05, 3.63) is 29.8 Å². The molecule has 0 aromatic heterocycles. The predicted molar refractivity (Wildman–Crippen MR) is 70.6 cm³/mol. The Morgan fingerprint density at radius 2 is 2.24 bits per heavy atom. The molecule has 0 amide bonds. The standard InChI is InChI=1S/C14H22N2O/c1-3-15-9-11(2)16-10-13-8-12-6-4-5-7-14(12)17-13/h4-7,11,13,15-16H,3,8-10H2,1-2H3. The average Bonchev–Trinajstić information content (AvgIpc) is 2.76. The second-order valence-corrected chi connectivity index (χ2v) is 4.67. The lowest BCUT2D eigenvalue weighted by Gasteiger charge is -2.17. The van der Waals surface area contributed by atoms with Crippen LogP contribution in [0.5, 0.6) is 5.75 Å². The van der Waals surface area contributed by atoms with Gasteiger partial charge in [-0.1, -0.05) is 25.1 Å². The van der Waals surface area contributed by atoms with E-state index in [9.17, 15) is 0 Å². The third-order valence-electron chi connectivity index (χ3n) is 3.11. The van der Waals surface area contributed by atoms with Crippen molar-refractivity contribution < 1.29 is 4.74 Å². The van der Waals surface area contributed by atoms with Crippen LogP contribution in [0.3, 0.4) is 0 Å². The van der Waals surface area contributed by atoms with Crippen molar-refractivity contribution in [3.63, 3.8) is 0 Å². The Hall–Kier alpha value is -1.06. The Bertz CT molecular complexity index is 329. The van der Waals surface area contributed by atoms with Gasteiger partial charge in [-0.25, -0.2) is 0 Å². The number of ether oxygens (including phenoxy) is 1. The van der Waals surface area contributed by atoms with Crippen LogP contribution in [0.25, 0.3) is 0 Å². The van der Waals surface area contributed by atoms with E-state index in [2.05, 4.69) is 42.7 Å². The molecule has 0 bridgehead atoms. The topological polar surface area (TPSA) is 33.3 Å². The van der Waals surface area contributed by atoms with Crippen LogP contribution in [0.15, 0.2) is 24.3 Å². The second-order valence-electron chi connectivity index (χ2n) is 4.67. The lowest BCUT2D eigenvalue weighted by atomic mass is 10.1. The van der Waals surface area contributed by atoms with Crippen molar-refractivity contribution in [3.8, 4) is 5.75 Å². The molecule has 1 heterocycles. The Morgan fingerprint density at radius 3 is 3.00 bits per heavy atom. The van der Waals surface area contributed by atoms with Crippen molar-refractivity contribution in [2.75, 3.05) is 19.6 Å². The number of rotatable bonds is 6. The Kier molecular flexibility index (Phi) is 4.40. The van der Waals surface area contributed by atoms with Gasteiger partial charge in [-0.2, -0.15) is 0 Å². The fraction of sp³-hybridized carbons (Fsp3) is 0.571. The predicted octanol–water partition coefficient (Wildman–Crippen LogP) is 1.58. The molecule has 94 valence electrons. The molecule has 2 atom stereocenters. The minimum atomic E-state index is 0.288. The van der Waals surface area contributed by atoms with Gasteiger partial charge in [0.15, 0.2) is 0 Å². The molecule has 1 aliphatic heterocycles. The Morgan fingerprint density at radius 1 is 1.41 bits per heavy atom. The fourth-order valence-electron chi connectivity index (χ4n) is 2.13. The summed E-state index contributed by atoms with van der Waals surface area (Å²) in [5, 5.41) is 6.84. The van der Waals surface area contributed by atoms with Gasteiger partial charge in [0, 0.05) is 25.6 Å². The summed E-state index contributed by atoms with van der Waals surface area (Å²) in [5.41, 5.74) is 1.33. The molecule has 0 saturated carbocycles. The number of nitrogens with one attached hydrogen (secondary N) is 2. The minimum Gasteiger partial charge on any atom is -0.488 e. The molecular weight excluding hydrogens is 212 g/mol. The largest absolute Gasteiger partial charge is 0.488 e. The van der Waals surface area contributed by atoms with Crippen LogP contribution >= 0.6 is 0 Å². The molecule has 0 aliphatic carbocycles. The first-order chi connectivity index (χ1) is 8.29. The average molecular weight is 234 g/mol. The van der Waals surface area contributed by atoms with E-state index in [1.165, 1.54) is 5.56 Å². The van der Waals surface area contributed by atoms with Crippen molar-refractivity contribution in [1.29, 1.82) is 0 Å². The zero-order valence-corrected chi connectivity index (χ0v) is 10.7. The van der Waals surface area contributed by atoms with E-state index in [-0.39, 0.29) is 6.10 Å². The van der Waals surface area contributed by atoms with Crippen molar-refractivity contribution in [2.45, 2.75) is 32.4 Å². The van der Waals surface area contributed by atoms with Gasteiger partial charge in [-0.05, 0) is 25.1 Å². The third-order valence-corrected chi connectivity index (χ3v) is 3.11. The molecule has 1 aliphatic rings. The summed E-state index contributed by atoms with van der Waals surface area (Å²) < 4.78 is 5.88. The number of hydrogen-bond acceptors (Lipinski definition) is 3. The van der Waals surface area contributed by atoms with Gasteiger partial charge in [0.25, 0.3) is 0 Å². The Balaban J connectivity index is 1.73. The van der Waals surface area contributed by atoms with Crippen molar-refractivity contribution in [2.24, 2.45) is 0 Å². The molecule has 0 spiro atoms. The monoisotopic (exact) mass is 234 g/mol. The van der Waals surface area contributed by atoms with E-state index in [0.29, 0.717) is 6.04 Å². The molecule has 17 heavy (non-hydrogen) atoms. The molecule has 1 aromatic rings. The molecular formula is C14H22N2O. The van der Waals surface area contributed by atoms with Gasteiger partial charge in [0.05, 0.1) is 0 Å². The van der Waals surface area contributed by atoms with Crippen LogP contribution in [-0.4, -0.2) is 31.8 Å². The van der Waals surface area contributed by atoms with E-state index in [1.54, 1.807) is 0 Å². The van der Waals surface area contributed by atoms with Crippen LogP contribution in [0.4, 0.5) is 0 Å². The fourth-order valence-corrected chi connectivity index (χ4v) is 2.13. The van der Waals surface area contributed by atoms with Crippen LogP contribution in [-0.2, 0) is 6.42 Å². The zero-order valence-electron chi connectivity index (χ0n) is 10.7. The van der Waals surface area contributed by atoms with Gasteiger partial charge in [-0.15, -0.1) is 0 Å². The number of hydrogen-bond donors (Lipinski definition) is 2. The van der Waals surface area contributed by atoms with E-state index < -0.39 is 0 Å². The molecule has 2 unspecified atom stereocenters. The van der Waals surface area contributed by atoms with Crippen molar-refractivity contribution >= 4 is 0 Å². The summed E-state index contributed by atoms with van der Waals surface area (Å²) in [4.78, 5) is 0.